The monoisotopic (exact) mass is 295 g/mol. The van der Waals surface area contributed by atoms with Crippen molar-refractivity contribution in [3.63, 3.8) is 0 Å². The average molecular weight is 296 g/mol. The van der Waals surface area contributed by atoms with E-state index in [-0.39, 0.29) is 5.28 Å². The van der Waals surface area contributed by atoms with Crippen molar-refractivity contribution in [3.05, 3.63) is 53.9 Å². The van der Waals surface area contributed by atoms with Crippen LogP contribution in [-0.4, -0.2) is 20.2 Å². The van der Waals surface area contributed by atoms with Gasteiger partial charge >= 0.3 is 0 Å². The van der Waals surface area contributed by atoms with E-state index in [1.54, 1.807) is 6.20 Å². The van der Waals surface area contributed by atoms with Crippen molar-refractivity contribution in [1.82, 2.24) is 20.2 Å². The number of halogens is 1. The van der Waals surface area contributed by atoms with Crippen molar-refractivity contribution < 1.29 is 0 Å². The molecule has 0 spiro atoms. The lowest BCUT2D eigenvalue weighted by atomic mass is 10.2. The molecule has 0 atom stereocenters. The molecule has 0 bridgehead atoms. The van der Waals surface area contributed by atoms with Gasteiger partial charge in [-0.2, -0.15) is 10.1 Å². The Morgan fingerprint density at radius 1 is 1.05 bits per heavy atom. The molecular formula is C15H10ClN5. The van der Waals surface area contributed by atoms with Crippen LogP contribution in [0.3, 0.4) is 0 Å². The predicted octanol–water partition coefficient (Wildman–Crippen LogP) is 3.90. The van der Waals surface area contributed by atoms with Crippen molar-refractivity contribution in [2.24, 2.45) is 0 Å². The number of nitrogens with one attached hydrogen (secondary N) is 2. The summed E-state index contributed by atoms with van der Waals surface area (Å²) < 4.78 is 0. The summed E-state index contributed by atoms with van der Waals surface area (Å²) >= 11 is 5.99. The van der Waals surface area contributed by atoms with Gasteiger partial charge < -0.3 is 5.32 Å². The first-order valence-electron chi connectivity index (χ1n) is 6.42. The van der Waals surface area contributed by atoms with E-state index in [0.29, 0.717) is 5.82 Å². The topological polar surface area (TPSA) is 66.5 Å². The maximum atomic E-state index is 5.99. The molecule has 102 valence electrons. The third-order valence-corrected chi connectivity index (χ3v) is 3.45. The lowest BCUT2D eigenvalue weighted by molar-refractivity contribution is 1.12. The second-order valence-corrected chi connectivity index (χ2v) is 4.99. The van der Waals surface area contributed by atoms with Crippen molar-refractivity contribution >= 4 is 44.9 Å². The van der Waals surface area contributed by atoms with Crippen LogP contribution in [0.4, 0.5) is 11.5 Å². The van der Waals surface area contributed by atoms with Gasteiger partial charge in [0.2, 0.25) is 5.28 Å². The van der Waals surface area contributed by atoms with E-state index >= 15 is 0 Å². The number of hydrogen-bond donors (Lipinski definition) is 2. The lowest BCUT2D eigenvalue weighted by Crippen LogP contribution is -1.97. The van der Waals surface area contributed by atoms with E-state index in [4.69, 9.17) is 11.6 Å². The smallest absolute Gasteiger partial charge is 0.224 e. The highest BCUT2D eigenvalue weighted by atomic mass is 35.5. The SMILES string of the molecule is Clc1nc(Nc2ccc3[nH]ncc3c2)c2ccccc2n1. The molecule has 0 unspecified atom stereocenters. The van der Waals surface area contributed by atoms with Gasteiger partial charge in [-0.3, -0.25) is 5.10 Å². The van der Waals surface area contributed by atoms with Gasteiger partial charge in [0, 0.05) is 16.5 Å². The van der Waals surface area contributed by atoms with Crippen LogP contribution >= 0.6 is 11.6 Å². The first kappa shape index (κ1) is 12.1. The fourth-order valence-electron chi connectivity index (χ4n) is 2.30. The summed E-state index contributed by atoms with van der Waals surface area (Å²) in [5.74, 6) is 0.688. The molecule has 21 heavy (non-hydrogen) atoms. The van der Waals surface area contributed by atoms with Crippen LogP contribution in [0.25, 0.3) is 21.8 Å². The van der Waals surface area contributed by atoms with Crippen molar-refractivity contribution in [2.45, 2.75) is 0 Å². The summed E-state index contributed by atoms with van der Waals surface area (Å²) in [6.45, 7) is 0. The Morgan fingerprint density at radius 2 is 1.95 bits per heavy atom. The standard InChI is InChI=1S/C15H10ClN5/c16-15-19-13-4-2-1-3-11(13)14(20-15)18-10-5-6-12-9(7-10)8-17-21-12/h1-8H,(H,17,21)(H,18,19,20). The van der Waals surface area contributed by atoms with Gasteiger partial charge in [-0.25, -0.2) is 4.98 Å². The highest BCUT2D eigenvalue weighted by Gasteiger charge is 2.07. The van der Waals surface area contributed by atoms with Gasteiger partial charge in [-0.15, -0.1) is 0 Å². The van der Waals surface area contributed by atoms with Crippen molar-refractivity contribution in [3.8, 4) is 0 Å². The Balaban J connectivity index is 1.82. The van der Waals surface area contributed by atoms with Crippen LogP contribution in [0.1, 0.15) is 0 Å². The van der Waals surface area contributed by atoms with Crippen LogP contribution < -0.4 is 5.32 Å². The number of H-pyrrole nitrogens is 1. The third-order valence-electron chi connectivity index (χ3n) is 3.28. The Labute approximate surface area is 125 Å². The number of anilines is 2. The minimum Gasteiger partial charge on any atom is -0.340 e. The van der Waals surface area contributed by atoms with Crippen LogP contribution in [0.5, 0.6) is 0 Å². The zero-order chi connectivity index (χ0) is 14.2. The molecule has 0 amide bonds. The van der Waals surface area contributed by atoms with Crippen LogP contribution in [0, 0.1) is 0 Å². The molecule has 0 saturated heterocycles. The number of hydrogen-bond acceptors (Lipinski definition) is 4. The summed E-state index contributed by atoms with van der Waals surface area (Å²) in [4.78, 5) is 8.50. The molecule has 5 nitrogen and oxygen atoms in total. The minimum absolute atomic E-state index is 0.223. The highest BCUT2D eigenvalue weighted by Crippen LogP contribution is 2.26. The molecular weight excluding hydrogens is 286 g/mol. The fourth-order valence-corrected chi connectivity index (χ4v) is 2.48. The predicted molar refractivity (Wildman–Crippen MR) is 83.9 cm³/mol. The number of fused-ring (bicyclic) bond motifs is 2. The normalized spacial score (nSPS) is 11.1. The number of benzene rings is 2. The lowest BCUT2D eigenvalue weighted by Gasteiger charge is -2.09. The van der Waals surface area contributed by atoms with Crippen LogP contribution in [-0.2, 0) is 0 Å². The highest BCUT2D eigenvalue weighted by molar-refractivity contribution is 6.28. The quantitative estimate of drug-likeness (QED) is 0.550. The van der Waals surface area contributed by atoms with Gasteiger partial charge in [0.25, 0.3) is 0 Å². The number of nitrogens with zero attached hydrogens (tertiary/aromatic N) is 3. The van der Waals surface area contributed by atoms with Gasteiger partial charge in [0.15, 0.2) is 0 Å². The van der Waals surface area contributed by atoms with E-state index < -0.39 is 0 Å². The zero-order valence-electron chi connectivity index (χ0n) is 10.8. The molecule has 4 rings (SSSR count). The Bertz CT molecular complexity index is 947. The molecule has 0 saturated carbocycles. The van der Waals surface area contributed by atoms with E-state index in [0.717, 1.165) is 27.5 Å². The van der Waals surface area contributed by atoms with E-state index in [1.807, 2.05) is 42.5 Å². The summed E-state index contributed by atoms with van der Waals surface area (Å²) in [5.41, 5.74) is 2.72. The number of para-hydroxylation sites is 1. The van der Waals surface area contributed by atoms with E-state index in [9.17, 15) is 0 Å². The second kappa shape index (κ2) is 4.71. The first-order chi connectivity index (χ1) is 10.3. The summed E-state index contributed by atoms with van der Waals surface area (Å²) in [6, 6.07) is 13.7. The van der Waals surface area contributed by atoms with Gasteiger partial charge in [-0.1, -0.05) is 12.1 Å². The molecule has 2 heterocycles. The van der Waals surface area contributed by atoms with E-state index in [2.05, 4.69) is 25.5 Å². The molecule has 0 radical (unpaired) electrons. The summed E-state index contributed by atoms with van der Waals surface area (Å²) in [7, 11) is 0. The maximum absolute atomic E-state index is 5.99. The zero-order valence-corrected chi connectivity index (χ0v) is 11.6. The van der Waals surface area contributed by atoms with Crippen LogP contribution in [0.2, 0.25) is 5.28 Å². The molecule has 0 aliphatic rings. The number of rotatable bonds is 2. The number of aromatic amines is 1. The second-order valence-electron chi connectivity index (χ2n) is 4.66. The van der Waals surface area contributed by atoms with Gasteiger partial charge in [-0.05, 0) is 41.9 Å². The minimum atomic E-state index is 0.223. The molecule has 0 aliphatic heterocycles. The molecule has 6 heteroatoms. The molecule has 4 aromatic rings. The Kier molecular flexibility index (Phi) is 2.72. The number of aromatic nitrogens is 4. The molecule has 2 aromatic heterocycles. The Hall–Kier alpha value is -2.66. The average Bonchev–Trinajstić information content (AvgIpc) is 2.94. The largest absolute Gasteiger partial charge is 0.340 e. The van der Waals surface area contributed by atoms with Crippen molar-refractivity contribution in [2.75, 3.05) is 5.32 Å². The van der Waals surface area contributed by atoms with Crippen LogP contribution in [0.15, 0.2) is 48.7 Å². The summed E-state index contributed by atoms with van der Waals surface area (Å²) in [6.07, 6.45) is 1.78. The molecule has 2 aromatic carbocycles. The maximum Gasteiger partial charge on any atom is 0.224 e. The molecule has 0 aliphatic carbocycles. The first-order valence-corrected chi connectivity index (χ1v) is 6.80. The third kappa shape index (κ3) is 2.17. The fraction of sp³-hybridized carbons (Fsp3) is 0. The molecule has 2 N–H and O–H groups in total. The Morgan fingerprint density at radius 3 is 2.90 bits per heavy atom. The van der Waals surface area contributed by atoms with E-state index in [1.165, 1.54) is 0 Å². The summed E-state index contributed by atoms with van der Waals surface area (Å²) in [5, 5.41) is 12.4. The van der Waals surface area contributed by atoms with Crippen molar-refractivity contribution in [1.29, 1.82) is 0 Å². The molecule has 0 fully saturated rings. The van der Waals surface area contributed by atoms with Gasteiger partial charge in [0.05, 0.1) is 17.2 Å². The van der Waals surface area contributed by atoms with Gasteiger partial charge in [0.1, 0.15) is 5.82 Å².